The van der Waals surface area contributed by atoms with E-state index in [-0.39, 0.29) is 5.60 Å². The number of rotatable bonds is 5. The Balaban J connectivity index is 1.45. The summed E-state index contributed by atoms with van der Waals surface area (Å²) >= 11 is 0. The van der Waals surface area contributed by atoms with E-state index in [4.69, 9.17) is 4.74 Å². The Hall–Kier alpha value is -2.85. The number of hydrogen-bond donors (Lipinski definition) is 2. The number of hydrazine groups is 1. The second kappa shape index (κ2) is 7.10. The maximum atomic E-state index is 11.8. The summed E-state index contributed by atoms with van der Waals surface area (Å²) in [7, 11) is -3.17. The van der Waals surface area contributed by atoms with E-state index in [0.29, 0.717) is 26.2 Å². The summed E-state index contributed by atoms with van der Waals surface area (Å²) in [6.45, 7) is 8.30. The highest BCUT2D eigenvalue weighted by Gasteiger charge is 2.40. The lowest BCUT2D eigenvalue weighted by Crippen LogP contribution is -2.48. The van der Waals surface area contributed by atoms with Crippen LogP contribution >= 0.6 is 0 Å². The first-order valence-corrected chi connectivity index (χ1v) is 12.2. The number of nitrogens with zero attached hydrogens (tertiary/aromatic N) is 4. The summed E-state index contributed by atoms with van der Waals surface area (Å²) in [6.07, 6.45) is 4.90. The van der Waals surface area contributed by atoms with Crippen LogP contribution < -0.4 is 30.9 Å². The number of aromatic nitrogens is 2. The summed E-state index contributed by atoms with van der Waals surface area (Å²) in [5.74, 6) is 1.56. The quantitative estimate of drug-likeness (QED) is 0.667. The molecule has 1 saturated carbocycles. The highest BCUT2D eigenvalue weighted by atomic mass is 32.2. The Morgan fingerprint density at radius 2 is 1.84 bits per heavy atom. The third kappa shape index (κ3) is 3.92. The third-order valence-corrected chi connectivity index (χ3v) is 7.35. The molecule has 2 N–H and O–H groups in total. The monoisotopic (exact) mass is 442 g/mol. The number of ether oxygens (including phenoxy) is 1. The zero-order chi connectivity index (χ0) is 21.8. The molecule has 0 amide bonds. The zero-order valence-electron chi connectivity index (χ0n) is 17.7. The van der Waals surface area contributed by atoms with Gasteiger partial charge in [0.1, 0.15) is 23.5 Å². The minimum Gasteiger partial charge on any atom is -0.487 e. The Morgan fingerprint density at radius 3 is 2.52 bits per heavy atom. The summed E-state index contributed by atoms with van der Waals surface area (Å²) in [4.78, 5) is 11.0. The first-order chi connectivity index (χ1) is 14.7. The third-order valence-electron chi connectivity index (χ3n) is 6.04. The molecule has 5 rings (SSSR count). The summed E-state index contributed by atoms with van der Waals surface area (Å²) < 4.78 is 31.2. The number of benzene rings is 1. The van der Waals surface area contributed by atoms with Gasteiger partial charge in [0.15, 0.2) is 0 Å². The van der Waals surface area contributed by atoms with Gasteiger partial charge in [-0.15, -0.1) is 0 Å². The molecule has 10 heteroatoms. The Bertz CT molecular complexity index is 1250. The van der Waals surface area contributed by atoms with Gasteiger partial charge in [0.2, 0.25) is 10.0 Å². The normalized spacial score (nSPS) is 20.1. The molecule has 2 aromatic rings. The predicted molar refractivity (Wildman–Crippen MR) is 119 cm³/mol. The van der Waals surface area contributed by atoms with Crippen molar-refractivity contribution in [2.75, 3.05) is 42.8 Å². The minimum atomic E-state index is -3.17. The number of nitrogens with one attached hydrogen (secondary N) is 2. The number of hydrogen-bond acceptors (Lipinski definition) is 8. The molecule has 0 bridgehead atoms. The summed E-state index contributed by atoms with van der Waals surface area (Å²) in [5.41, 5.74) is 8.84. The Labute approximate surface area is 181 Å². The highest BCUT2D eigenvalue weighted by molar-refractivity contribution is 7.88. The zero-order valence-corrected chi connectivity index (χ0v) is 18.5. The molecular weight excluding hydrogens is 416 g/mol. The molecule has 31 heavy (non-hydrogen) atoms. The Morgan fingerprint density at radius 1 is 1.10 bits per heavy atom. The van der Waals surface area contributed by atoms with E-state index in [2.05, 4.69) is 39.2 Å². The van der Waals surface area contributed by atoms with Crippen molar-refractivity contribution in [1.82, 2.24) is 19.7 Å². The van der Waals surface area contributed by atoms with E-state index in [1.807, 2.05) is 18.2 Å². The van der Waals surface area contributed by atoms with Crippen molar-refractivity contribution in [2.24, 2.45) is 0 Å². The molecule has 0 atom stereocenters. The molecular formula is C21H26N6O3S. The van der Waals surface area contributed by atoms with Crippen LogP contribution in [-0.4, -0.2) is 60.7 Å². The molecule has 1 saturated heterocycles. The lowest BCUT2D eigenvalue weighted by Gasteiger charge is -2.34. The molecule has 0 spiro atoms. The fraction of sp³-hybridized carbons (Fsp3) is 0.429. The van der Waals surface area contributed by atoms with Crippen molar-refractivity contribution < 1.29 is 13.2 Å². The standard InChI is InChI=1S/C21H26N6O3S/c1-14-10-16-15(11-18(14)30-21(2)4-5-21)20(25-24-16)17-12-19(23-13-22-17)26-6-8-27(9-7-26)31(3,28)29/h10-13,24-25H,1,4-9H2,2-3H3. The van der Waals surface area contributed by atoms with Gasteiger partial charge in [-0.05, 0) is 31.9 Å². The van der Waals surface area contributed by atoms with Gasteiger partial charge in [-0.25, -0.2) is 18.4 Å². The van der Waals surface area contributed by atoms with Gasteiger partial charge in [0.05, 0.1) is 23.3 Å². The predicted octanol–water partition coefficient (Wildman–Crippen LogP) is -0.0136. The van der Waals surface area contributed by atoms with Crippen LogP contribution in [0, 0.1) is 0 Å². The number of sulfonamides is 1. The average Bonchev–Trinajstić information content (AvgIpc) is 3.33. The van der Waals surface area contributed by atoms with Crippen LogP contribution in [0.4, 0.5) is 11.5 Å². The topological polar surface area (TPSA) is 99.7 Å². The first-order valence-electron chi connectivity index (χ1n) is 10.3. The van der Waals surface area contributed by atoms with Gasteiger partial charge in [-0.3, -0.25) is 5.43 Å². The van der Waals surface area contributed by atoms with E-state index in [1.54, 1.807) is 6.33 Å². The molecule has 9 nitrogen and oxygen atoms in total. The van der Waals surface area contributed by atoms with Crippen LogP contribution in [0.3, 0.4) is 0 Å². The molecule has 0 unspecified atom stereocenters. The molecule has 2 aliphatic heterocycles. The van der Waals surface area contributed by atoms with Crippen LogP contribution in [0.15, 0.2) is 24.5 Å². The molecule has 3 aliphatic rings. The van der Waals surface area contributed by atoms with Crippen LogP contribution in [0.2, 0.25) is 0 Å². The molecule has 3 heterocycles. The number of piperazine rings is 1. The molecule has 1 aromatic heterocycles. The lowest BCUT2D eigenvalue weighted by atomic mass is 10.1. The lowest BCUT2D eigenvalue weighted by molar-refractivity contribution is 0.198. The minimum absolute atomic E-state index is 0.0868. The average molecular weight is 443 g/mol. The first kappa shape index (κ1) is 20.1. The van der Waals surface area contributed by atoms with Crippen LogP contribution in [-0.2, 0) is 10.0 Å². The fourth-order valence-corrected chi connectivity index (χ4v) is 4.70. The van der Waals surface area contributed by atoms with Gasteiger partial charge in [-0.2, -0.15) is 4.31 Å². The van der Waals surface area contributed by atoms with Gasteiger partial charge >= 0.3 is 0 Å². The van der Waals surface area contributed by atoms with E-state index in [9.17, 15) is 8.42 Å². The molecule has 164 valence electrons. The van der Waals surface area contributed by atoms with E-state index in [0.717, 1.165) is 51.9 Å². The highest BCUT2D eigenvalue weighted by Crippen LogP contribution is 2.38. The van der Waals surface area contributed by atoms with E-state index >= 15 is 0 Å². The Kier molecular flexibility index (Phi) is 4.60. The van der Waals surface area contributed by atoms with Gasteiger partial charge in [0.25, 0.3) is 0 Å². The van der Waals surface area contributed by atoms with Crippen LogP contribution in [0.25, 0.3) is 12.3 Å². The van der Waals surface area contributed by atoms with Crippen molar-refractivity contribution in [3.8, 4) is 5.75 Å². The van der Waals surface area contributed by atoms with Crippen molar-refractivity contribution >= 4 is 33.8 Å². The number of anilines is 2. The maximum Gasteiger partial charge on any atom is 0.211 e. The van der Waals surface area contributed by atoms with Crippen molar-refractivity contribution in [3.63, 3.8) is 0 Å². The van der Waals surface area contributed by atoms with Crippen molar-refractivity contribution in [1.29, 1.82) is 0 Å². The second-order valence-electron chi connectivity index (χ2n) is 8.59. The molecule has 2 fully saturated rings. The maximum absolute atomic E-state index is 11.8. The molecule has 1 aromatic carbocycles. The molecule has 0 radical (unpaired) electrons. The van der Waals surface area contributed by atoms with E-state index in [1.165, 1.54) is 10.6 Å². The van der Waals surface area contributed by atoms with Crippen LogP contribution in [0.1, 0.15) is 25.5 Å². The van der Waals surface area contributed by atoms with Gasteiger partial charge < -0.3 is 15.1 Å². The largest absolute Gasteiger partial charge is 0.487 e. The van der Waals surface area contributed by atoms with Gasteiger partial charge in [-0.1, -0.05) is 6.58 Å². The molecule has 1 aliphatic carbocycles. The van der Waals surface area contributed by atoms with Crippen molar-refractivity contribution in [3.05, 3.63) is 40.7 Å². The van der Waals surface area contributed by atoms with E-state index < -0.39 is 10.0 Å². The SMILES string of the molecule is C=c1cc2c(cc1OC1(C)CC1)=C(c1cc(N3CCN(S(C)(=O)=O)CC3)ncn1)NN2. The second-order valence-corrected chi connectivity index (χ2v) is 10.6. The summed E-state index contributed by atoms with van der Waals surface area (Å²) in [6, 6.07) is 5.91. The fourth-order valence-electron chi connectivity index (χ4n) is 3.88. The van der Waals surface area contributed by atoms with Crippen molar-refractivity contribution in [2.45, 2.75) is 25.4 Å². The van der Waals surface area contributed by atoms with Crippen LogP contribution in [0.5, 0.6) is 5.75 Å². The van der Waals surface area contributed by atoms with Gasteiger partial charge in [0, 0.05) is 42.7 Å². The smallest absolute Gasteiger partial charge is 0.211 e. The number of fused-ring (bicyclic) bond motifs is 1. The summed E-state index contributed by atoms with van der Waals surface area (Å²) in [5, 5.41) is 1.81.